The highest BCUT2D eigenvalue weighted by molar-refractivity contribution is 5.99. The van der Waals surface area contributed by atoms with Gasteiger partial charge in [-0.15, -0.1) is 0 Å². The molecule has 180 valence electrons. The molecule has 0 saturated heterocycles. The Hall–Kier alpha value is -5.12. The molecule has 1 amide bonds. The summed E-state index contributed by atoms with van der Waals surface area (Å²) in [5.74, 6) is -0.452. The Balaban J connectivity index is 1.79. The van der Waals surface area contributed by atoms with Crippen molar-refractivity contribution < 1.29 is 9.18 Å². The zero-order valence-corrected chi connectivity index (χ0v) is 19.3. The van der Waals surface area contributed by atoms with Gasteiger partial charge in [0.15, 0.2) is 0 Å². The summed E-state index contributed by atoms with van der Waals surface area (Å²) in [6.07, 6.45) is 7.13. The van der Waals surface area contributed by atoms with E-state index in [0.717, 1.165) is 28.8 Å². The molecule has 5 N–H and O–H groups in total. The van der Waals surface area contributed by atoms with Crippen LogP contribution in [0.15, 0.2) is 85.5 Å². The lowest BCUT2D eigenvalue weighted by molar-refractivity contribution is -0.111. The minimum atomic E-state index is -0.541. The number of amides is 1. The topological polar surface area (TPSA) is 128 Å². The molecule has 0 aliphatic heterocycles. The number of hydrogen-bond donors (Lipinski definition) is 5. The number of pyridine rings is 1. The Bertz CT molecular complexity index is 1480. The monoisotopic (exact) mass is 482 g/mol. The quantitative estimate of drug-likeness (QED) is 0.171. The number of carbonyl (C=O) groups excluding carboxylic acids is 1. The second kappa shape index (κ2) is 10.9. The lowest BCUT2D eigenvalue weighted by Crippen LogP contribution is -2.10. The van der Waals surface area contributed by atoms with Gasteiger partial charge in [-0.2, -0.15) is 4.98 Å². The first-order valence-corrected chi connectivity index (χ1v) is 10.9. The maximum absolute atomic E-state index is 14.8. The van der Waals surface area contributed by atoms with Gasteiger partial charge in [-0.1, -0.05) is 24.8 Å². The SMILES string of the molecule is C=CC(=O)Nc1ccc(F)c(Nc2nc(N/C(C=N)=C/NC)ncc2-c2ccc3cccnc3c2)c1. The summed E-state index contributed by atoms with van der Waals surface area (Å²) in [5, 5.41) is 19.9. The molecule has 2 aromatic carbocycles. The highest BCUT2D eigenvalue weighted by Crippen LogP contribution is 2.32. The van der Waals surface area contributed by atoms with Gasteiger partial charge in [0.05, 0.1) is 16.9 Å². The van der Waals surface area contributed by atoms with E-state index >= 15 is 0 Å². The fourth-order valence-electron chi connectivity index (χ4n) is 3.40. The minimum Gasteiger partial charge on any atom is -0.392 e. The fourth-order valence-corrected chi connectivity index (χ4v) is 3.40. The Morgan fingerprint density at radius 3 is 2.75 bits per heavy atom. The number of carbonyl (C=O) groups is 1. The van der Waals surface area contributed by atoms with Crippen LogP contribution in [0.2, 0.25) is 0 Å². The van der Waals surface area contributed by atoms with Crippen molar-refractivity contribution in [1.29, 1.82) is 5.41 Å². The van der Waals surface area contributed by atoms with Gasteiger partial charge in [-0.25, -0.2) is 9.37 Å². The van der Waals surface area contributed by atoms with Gasteiger partial charge >= 0.3 is 0 Å². The molecule has 10 heteroatoms. The normalized spacial score (nSPS) is 11.0. The molecule has 0 bridgehead atoms. The third-order valence-corrected chi connectivity index (χ3v) is 5.09. The van der Waals surface area contributed by atoms with Crippen LogP contribution in [0.3, 0.4) is 0 Å². The standard InChI is InChI=1S/C26H23FN8O/c1-3-24(36)32-18-8-9-21(27)23(12-18)34-25-20(15-31-26(35-25)33-19(13-28)14-29-2)17-7-6-16-5-4-10-30-22(16)11-17/h3-15,28-29H,1H2,2H3,(H,32,36)(H2,31,33,34,35)/b19-14+,28-13?. The van der Waals surface area contributed by atoms with Gasteiger partial charge in [0.1, 0.15) is 11.6 Å². The molecule has 0 radical (unpaired) electrons. The minimum absolute atomic E-state index is 0.0970. The molecule has 9 nitrogen and oxygen atoms in total. The van der Waals surface area contributed by atoms with Crippen LogP contribution in [0.4, 0.5) is 27.5 Å². The Kier molecular flexibility index (Phi) is 7.25. The first kappa shape index (κ1) is 24.0. The summed E-state index contributed by atoms with van der Waals surface area (Å²) in [7, 11) is 1.71. The van der Waals surface area contributed by atoms with E-state index in [1.807, 2.05) is 30.3 Å². The molecule has 4 aromatic rings. The number of allylic oxidation sites excluding steroid dienone is 1. The second-order valence-electron chi connectivity index (χ2n) is 7.54. The highest BCUT2D eigenvalue weighted by atomic mass is 19.1. The number of nitrogens with zero attached hydrogens (tertiary/aromatic N) is 3. The summed E-state index contributed by atoms with van der Waals surface area (Å²) >= 11 is 0. The highest BCUT2D eigenvalue weighted by Gasteiger charge is 2.14. The zero-order chi connectivity index (χ0) is 25.5. The summed E-state index contributed by atoms with van der Waals surface area (Å²) in [6, 6.07) is 13.7. The molecule has 4 rings (SSSR count). The Morgan fingerprint density at radius 2 is 1.97 bits per heavy atom. The molecule has 2 heterocycles. The van der Waals surface area contributed by atoms with Gasteiger partial charge in [0, 0.05) is 48.5 Å². The number of nitrogens with one attached hydrogen (secondary N) is 5. The lowest BCUT2D eigenvalue weighted by Gasteiger charge is -2.15. The molecule has 0 fully saturated rings. The molecule has 0 aliphatic carbocycles. The predicted octanol–water partition coefficient (Wildman–Crippen LogP) is 4.82. The molecule has 0 saturated carbocycles. The number of halogens is 1. The Labute approximate surface area is 206 Å². The van der Waals surface area contributed by atoms with E-state index in [2.05, 4.69) is 42.8 Å². The number of anilines is 4. The van der Waals surface area contributed by atoms with Crippen LogP contribution in [-0.4, -0.2) is 34.1 Å². The largest absolute Gasteiger partial charge is 0.392 e. The van der Waals surface area contributed by atoms with E-state index < -0.39 is 11.7 Å². The summed E-state index contributed by atoms with van der Waals surface area (Å²) in [6.45, 7) is 3.43. The van der Waals surface area contributed by atoms with E-state index in [-0.39, 0.29) is 11.6 Å². The third-order valence-electron chi connectivity index (χ3n) is 5.09. The number of rotatable bonds is 9. The smallest absolute Gasteiger partial charge is 0.247 e. The van der Waals surface area contributed by atoms with E-state index in [1.165, 1.54) is 18.2 Å². The number of aromatic nitrogens is 3. The van der Waals surface area contributed by atoms with Crippen molar-refractivity contribution >= 4 is 46.2 Å². The van der Waals surface area contributed by atoms with Crippen molar-refractivity contribution in [3.63, 3.8) is 0 Å². The van der Waals surface area contributed by atoms with E-state index in [4.69, 9.17) is 5.41 Å². The van der Waals surface area contributed by atoms with Crippen LogP contribution in [0.1, 0.15) is 0 Å². The third kappa shape index (κ3) is 5.50. The van der Waals surface area contributed by atoms with Crippen molar-refractivity contribution in [2.75, 3.05) is 23.0 Å². The fraction of sp³-hybridized carbons (Fsp3) is 0.0385. The van der Waals surface area contributed by atoms with Crippen molar-refractivity contribution in [2.45, 2.75) is 0 Å². The number of hydrogen-bond acceptors (Lipinski definition) is 8. The number of fused-ring (bicyclic) bond motifs is 1. The molecule has 0 aliphatic rings. The molecule has 2 aromatic heterocycles. The van der Waals surface area contributed by atoms with Crippen molar-refractivity contribution in [3.05, 3.63) is 91.3 Å². The molecule has 36 heavy (non-hydrogen) atoms. The number of benzene rings is 2. The summed E-state index contributed by atoms with van der Waals surface area (Å²) in [5.41, 5.74) is 3.06. The summed E-state index contributed by atoms with van der Waals surface area (Å²) < 4.78 is 14.8. The maximum Gasteiger partial charge on any atom is 0.247 e. The molecular weight excluding hydrogens is 459 g/mol. The first-order valence-electron chi connectivity index (χ1n) is 10.9. The molecule has 0 spiro atoms. The summed E-state index contributed by atoms with van der Waals surface area (Å²) in [4.78, 5) is 25.0. The van der Waals surface area contributed by atoms with Crippen LogP contribution in [0, 0.1) is 11.2 Å². The van der Waals surface area contributed by atoms with Crippen LogP contribution < -0.4 is 21.3 Å². The van der Waals surface area contributed by atoms with Crippen molar-refractivity contribution in [3.8, 4) is 11.1 Å². The predicted molar refractivity (Wildman–Crippen MR) is 141 cm³/mol. The van der Waals surface area contributed by atoms with Gasteiger partial charge in [0.25, 0.3) is 0 Å². The van der Waals surface area contributed by atoms with E-state index in [9.17, 15) is 9.18 Å². The zero-order valence-electron chi connectivity index (χ0n) is 19.3. The van der Waals surface area contributed by atoms with Gasteiger partial charge < -0.3 is 26.7 Å². The Morgan fingerprint density at radius 1 is 1.11 bits per heavy atom. The van der Waals surface area contributed by atoms with Crippen LogP contribution in [0.25, 0.3) is 22.0 Å². The van der Waals surface area contributed by atoms with Crippen LogP contribution >= 0.6 is 0 Å². The van der Waals surface area contributed by atoms with E-state index in [1.54, 1.807) is 25.6 Å². The molecule has 0 unspecified atom stereocenters. The molecule has 0 atom stereocenters. The van der Waals surface area contributed by atoms with Crippen molar-refractivity contribution in [2.24, 2.45) is 0 Å². The maximum atomic E-state index is 14.8. The van der Waals surface area contributed by atoms with Gasteiger partial charge in [-0.05, 0) is 42.0 Å². The lowest BCUT2D eigenvalue weighted by atomic mass is 10.1. The molecular formula is C26H23FN8O. The second-order valence-corrected chi connectivity index (χ2v) is 7.54. The van der Waals surface area contributed by atoms with Crippen LogP contribution in [0.5, 0.6) is 0 Å². The van der Waals surface area contributed by atoms with Crippen LogP contribution in [-0.2, 0) is 4.79 Å². The first-order chi connectivity index (χ1) is 17.5. The average molecular weight is 483 g/mol. The van der Waals surface area contributed by atoms with E-state index in [0.29, 0.717) is 22.8 Å². The average Bonchev–Trinajstić information content (AvgIpc) is 2.90. The van der Waals surface area contributed by atoms with Gasteiger partial charge in [0.2, 0.25) is 11.9 Å². The van der Waals surface area contributed by atoms with Gasteiger partial charge in [-0.3, -0.25) is 9.78 Å². The van der Waals surface area contributed by atoms with Crippen molar-refractivity contribution in [1.82, 2.24) is 20.3 Å².